The number of nitrogens with zero attached hydrogens (tertiary/aromatic N) is 1. The molecule has 4 nitrogen and oxygen atoms in total. The number of ether oxygens (including phenoxy) is 2. The second kappa shape index (κ2) is 6.37. The summed E-state index contributed by atoms with van der Waals surface area (Å²) >= 11 is 5.94. The van der Waals surface area contributed by atoms with Gasteiger partial charge >= 0.3 is 0 Å². The van der Waals surface area contributed by atoms with Gasteiger partial charge in [-0.3, -0.25) is 4.79 Å². The maximum absolute atomic E-state index is 12.3. The van der Waals surface area contributed by atoms with E-state index in [0.29, 0.717) is 19.8 Å². The number of hydrogen-bond donors (Lipinski definition) is 0. The van der Waals surface area contributed by atoms with Crippen molar-refractivity contribution in [2.24, 2.45) is 0 Å². The summed E-state index contributed by atoms with van der Waals surface area (Å²) in [6.07, 6.45) is -0.376. The van der Waals surface area contributed by atoms with Crippen molar-refractivity contribution in [3.8, 4) is 0 Å². The highest BCUT2D eigenvalue weighted by atomic mass is 35.5. The SMILES string of the molecule is Cc1ccccc1N(CC1OCCO1)C(=O)C(C)Cl. The first kappa shape index (κ1) is 14.3. The number of carbonyl (C=O) groups is 1. The minimum absolute atomic E-state index is 0.143. The number of para-hydroxylation sites is 1. The number of aryl methyl sites for hydroxylation is 1. The lowest BCUT2D eigenvalue weighted by molar-refractivity contribution is -0.119. The quantitative estimate of drug-likeness (QED) is 0.796. The second-order valence-corrected chi connectivity index (χ2v) is 5.18. The summed E-state index contributed by atoms with van der Waals surface area (Å²) in [5, 5.41) is -0.582. The Bertz CT molecular complexity index is 444. The molecule has 1 unspecified atom stereocenters. The number of anilines is 1. The van der Waals surface area contributed by atoms with E-state index in [-0.39, 0.29) is 12.2 Å². The lowest BCUT2D eigenvalue weighted by Crippen LogP contribution is -2.41. The first-order valence-corrected chi connectivity index (χ1v) is 6.77. The molecule has 1 aliphatic rings. The van der Waals surface area contributed by atoms with E-state index in [2.05, 4.69) is 0 Å². The molecule has 0 saturated carbocycles. The van der Waals surface area contributed by atoms with Crippen molar-refractivity contribution in [3.05, 3.63) is 29.8 Å². The smallest absolute Gasteiger partial charge is 0.244 e. The van der Waals surface area contributed by atoms with Gasteiger partial charge in [-0.2, -0.15) is 0 Å². The van der Waals surface area contributed by atoms with E-state index in [1.54, 1.807) is 11.8 Å². The van der Waals surface area contributed by atoms with Crippen molar-refractivity contribution < 1.29 is 14.3 Å². The van der Waals surface area contributed by atoms with E-state index in [4.69, 9.17) is 21.1 Å². The fourth-order valence-electron chi connectivity index (χ4n) is 2.05. The number of amides is 1. The Balaban J connectivity index is 2.23. The minimum Gasteiger partial charge on any atom is -0.348 e. The van der Waals surface area contributed by atoms with Crippen LogP contribution in [-0.4, -0.2) is 37.3 Å². The number of alkyl halides is 1. The molecular weight excluding hydrogens is 266 g/mol. The maximum Gasteiger partial charge on any atom is 0.244 e. The monoisotopic (exact) mass is 283 g/mol. The number of carbonyl (C=O) groups excluding carboxylic acids is 1. The largest absolute Gasteiger partial charge is 0.348 e. The molecule has 1 aromatic rings. The molecule has 1 aromatic carbocycles. The van der Waals surface area contributed by atoms with Gasteiger partial charge < -0.3 is 14.4 Å². The lowest BCUT2D eigenvalue weighted by atomic mass is 10.1. The average Bonchev–Trinajstić information content (AvgIpc) is 2.89. The molecule has 0 aliphatic carbocycles. The van der Waals surface area contributed by atoms with E-state index in [1.807, 2.05) is 31.2 Å². The van der Waals surface area contributed by atoms with Crippen LogP contribution in [0.5, 0.6) is 0 Å². The summed E-state index contributed by atoms with van der Waals surface area (Å²) < 4.78 is 10.8. The van der Waals surface area contributed by atoms with Crippen LogP contribution in [0.2, 0.25) is 0 Å². The van der Waals surface area contributed by atoms with Crippen molar-refractivity contribution in [1.29, 1.82) is 0 Å². The Morgan fingerprint density at radius 2 is 2.05 bits per heavy atom. The fourth-order valence-corrected chi connectivity index (χ4v) is 2.17. The predicted octanol–water partition coefficient (Wildman–Crippen LogP) is 2.33. The van der Waals surface area contributed by atoms with Gasteiger partial charge in [0.15, 0.2) is 6.29 Å². The molecule has 1 heterocycles. The van der Waals surface area contributed by atoms with Crippen LogP contribution in [0.1, 0.15) is 12.5 Å². The first-order chi connectivity index (χ1) is 9.09. The normalized spacial score (nSPS) is 17.4. The van der Waals surface area contributed by atoms with Crippen LogP contribution in [0.25, 0.3) is 0 Å². The minimum atomic E-state index is -0.582. The molecule has 0 radical (unpaired) electrons. The van der Waals surface area contributed by atoms with Crippen LogP contribution in [0.4, 0.5) is 5.69 Å². The first-order valence-electron chi connectivity index (χ1n) is 6.34. The Labute approximate surface area is 118 Å². The van der Waals surface area contributed by atoms with Gasteiger partial charge in [-0.05, 0) is 25.5 Å². The van der Waals surface area contributed by atoms with Gasteiger partial charge in [-0.1, -0.05) is 18.2 Å². The van der Waals surface area contributed by atoms with Crippen molar-refractivity contribution in [2.45, 2.75) is 25.5 Å². The molecule has 104 valence electrons. The molecular formula is C14H18ClNO3. The standard InChI is InChI=1S/C14H18ClNO3/c1-10-5-3-4-6-12(10)16(14(17)11(2)15)9-13-18-7-8-19-13/h3-6,11,13H,7-9H2,1-2H3. The van der Waals surface area contributed by atoms with E-state index < -0.39 is 5.38 Å². The van der Waals surface area contributed by atoms with Crippen LogP contribution in [0.3, 0.4) is 0 Å². The van der Waals surface area contributed by atoms with Gasteiger partial charge in [0, 0.05) is 5.69 Å². The molecule has 5 heteroatoms. The zero-order valence-corrected chi connectivity index (χ0v) is 11.9. The van der Waals surface area contributed by atoms with Gasteiger partial charge in [0.25, 0.3) is 0 Å². The molecule has 1 saturated heterocycles. The van der Waals surface area contributed by atoms with Crippen LogP contribution >= 0.6 is 11.6 Å². The molecule has 19 heavy (non-hydrogen) atoms. The van der Waals surface area contributed by atoms with Crippen molar-refractivity contribution >= 4 is 23.2 Å². The van der Waals surface area contributed by atoms with Gasteiger partial charge in [0.1, 0.15) is 5.38 Å². The van der Waals surface area contributed by atoms with Crippen LogP contribution in [-0.2, 0) is 14.3 Å². The summed E-state index contributed by atoms with van der Waals surface area (Å²) in [6, 6.07) is 7.71. The third-order valence-corrected chi connectivity index (χ3v) is 3.22. The third kappa shape index (κ3) is 3.47. The number of halogens is 1. The second-order valence-electron chi connectivity index (χ2n) is 4.52. The van der Waals surface area contributed by atoms with Gasteiger partial charge in [0.05, 0.1) is 19.8 Å². The topological polar surface area (TPSA) is 38.8 Å². The molecule has 0 spiro atoms. The highest BCUT2D eigenvalue weighted by Crippen LogP contribution is 2.22. The Morgan fingerprint density at radius 1 is 1.42 bits per heavy atom. The third-order valence-electron chi connectivity index (χ3n) is 3.04. The molecule has 1 amide bonds. The van der Waals surface area contributed by atoms with Crippen molar-refractivity contribution in [3.63, 3.8) is 0 Å². The van der Waals surface area contributed by atoms with Crippen molar-refractivity contribution in [2.75, 3.05) is 24.7 Å². The molecule has 0 N–H and O–H groups in total. The van der Waals surface area contributed by atoms with E-state index >= 15 is 0 Å². The summed E-state index contributed by atoms with van der Waals surface area (Å²) in [4.78, 5) is 13.9. The highest BCUT2D eigenvalue weighted by Gasteiger charge is 2.27. The fraction of sp³-hybridized carbons (Fsp3) is 0.500. The van der Waals surface area contributed by atoms with E-state index in [1.165, 1.54) is 0 Å². The Kier molecular flexibility index (Phi) is 4.80. The Morgan fingerprint density at radius 3 is 2.63 bits per heavy atom. The van der Waals surface area contributed by atoms with E-state index in [9.17, 15) is 4.79 Å². The molecule has 0 aromatic heterocycles. The zero-order chi connectivity index (χ0) is 13.8. The molecule has 2 rings (SSSR count). The Hall–Kier alpha value is -1.10. The van der Waals surface area contributed by atoms with Crippen LogP contribution in [0, 0.1) is 6.92 Å². The lowest BCUT2D eigenvalue weighted by Gasteiger charge is -2.27. The van der Waals surface area contributed by atoms with Gasteiger partial charge in [0.2, 0.25) is 5.91 Å². The number of rotatable bonds is 4. The summed E-state index contributed by atoms with van der Waals surface area (Å²) in [7, 11) is 0. The van der Waals surface area contributed by atoms with E-state index in [0.717, 1.165) is 11.3 Å². The van der Waals surface area contributed by atoms with Gasteiger partial charge in [-0.25, -0.2) is 0 Å². The highest BCUT2D eigenvalue weighted by molar-refractivity contribution is 6.32. The van der Waals surface area contributed by atoms with Gasteiger partial charge in [-0.15, -0.1) is 11.6 Å². The van der Waals surface area contributed by atoms with Crippen LogP contribution < -0.4 is 4.90 Å². The predicted molar refractivity (Wildman–Crippen MR) is 74.5 cm³/mol. The van der Waals surface area contributed by atoms with Crippen molar-refractivity contribution in [1.82, 2.24) is 0 Å². The summed E-state index contributed by atoms with van der Waals surface area (Å²) in [6.45, 7) is 5.13. The summed E-state index contributed by atoms with van der Waals surface area (Å²) in [5.74, 6) is -0.143. The number of hydrogen-bond acceptors (Lipinski definition) is 3. The molecule has 1 fully saturated rings. The van der Waals surface area contributed by atoms with Crippen LogP contribution in [0.15, 0.2) is 24.3 Å². The number of benzene rings is 1. The molecule has 1 atom stereocenters. The zero-order valence-electron chi connectivity index (χ0n) is 11.1. The molecule has 0 bridgehead atoms. The molecule has 1 aliphatic heterocycles. The summed E-state index contributed by atoms with van der Waals surface area (Å²) in [5.41, 5.74) is 1.87. The average molecular weight is 284 g/mol. The maximum atomic E-state index is 12.3.